The van der Waals surface area contributed by atoms with E-state index >= 15 is 0 Å². The Kier molecular flexibility index (Phi) is 3.31. The van der Waals surface area contributed by atoms with Gasteiger partial charge in [-0.2, -0.15) is 0 Å². The number of carbonyl (C=O) groups is 1. The van der Waals surface area contributed by atoms with E-state index in [9.17, 15) is 4.79 Å². The Balaban J connectivity index is 3.09. The first kappa shape index (κ1) is 11.1. The summed E-state index contributed by atoms with van der Waals surface area (Å²) >= 11 is 5.66. The number of carboxylic acids is 1. The van der Waals surface area contributed by atoms with Crippen LogP contribution in [0.1, 0.15) is 10.5 Å². The summed E-state index contributed by atoms with van der Waals surface area (Å²) in [6, 6.07) is 0. The first-order valence-electron chi connectivity index (χ1n) is 3.80. The van der Waals surface area contributed by atoms with E-state index in [-0.39, 0.29) is 29.0 Å². The molecule has 0 saturated heterocycles. The number of anilines is 2. The molecule has 1 aromatic heterocycles. The zero-order valence-electron chi connectivity index (χ0n) is 7.49. The van der Waals surface area contributed by atoms with Crippen LogP contribution in [0.25, 0.3) is 0 Å². The highest BCUT2D eigenvalue weighted by atomic mass is 35.5. The number of nitrogen functional groups attached to an aromatic ring is 1. The van der Waals surface area contributed by atoms with Crippen LogP contribution in [0, 0.1) is 12.3 Å². The Hall–Kier alpha value is -2.00. The van der Waals surface area contributed by atoms with E-state index in [0.29, 0.717) is 0 Å². The number of hydrogen-bond acceptors (Lipinski definition) is 5. The lowest BCUT2D eigenvalue weighted by Gasteiger charge is -2.06. The predicted octanol–water partition coefficient (Wildman–Crippen LogP) is 0.455. The van der Waals surface area contributed by atoms with E-state index < -0.39 is 5.97 Å². The third kappa shape index (κ3) is 2.48. The Bertz CT molecular complexity index is 441. The van der Waals surface area contributed by atoms with Crippen molar-refractivity contribution in [3.8, 4) is 12.3 Å². The van der Waals surface area contributed by atoms with Crippen LogP contribution in [0.3, 0.4) is 0 Å². The van der Waals surface area contributed by atoms with Crippen LogP contribution < -0.4 is 11.1 Å². The van der Waals surface area contributed by atoms with Crippen LogP contribution in [-0.2, 0) is 0 Å². The first-order valence-corrected chi connectivity index (χ1v) is 4.17. The van der Waals surface area contributed by atoms with Gasteiger partial charge >= 0.3 is 5.97 Å². The molecule has 4 N–H and O–H groups in total. The zero-order chi connectivity index (χ0) is 11.4. The molecule has 1 rings (SSSR count). The van der Waals surface area contributed by atoms with Gasteiger partial charge in [-0.3, -0.25) is 0 Å². The van der Waals surface area contributed by atoms with Crippen molar-refractivity contribution in [2.75, 3.05) is 17.6 Å². The van der Waals surface area contributed by atoms with Crippen molar-refractivity contribution >= 4 is 29.2 Å². The Labute approximate surface area is 90.5 Å². The fourth-order valence-electron chi connectivity index (χ4n) is 0.833. The maximum atomic E-state index is 10.6. The highest BCUT2D eigenvalue weighted by Crippen LogP contribution is 2.19. The summed E-state index contributed by atoms with van der Waals surface area (Å²) in [5, 5.41) is 11.2. The lowest BCUT2D eigenvalue weighted by atomic mass is 10.4. The quantitative estimate of drug-likeness (QED) is 0.647. The van der Waals surface area contributed by atoms with Crippen molar-refractivity contribution in [3.05, 3.63) is 10.8 Å². The standard InChI is InChI=1S/C8H7ClN4O2/c1-2-3-11-7-5(9)12-4(8(14)15)6(10)13-7/h1H,3H2,(H,14,15)(H3,10,11,13). The summed E-state index contributed by atoms with van der Waals surface area (Å²) in [7, 11) is 0. The van der Waals surface area contributed by atoms with E-state index in [1.807, 2.05) is 0 Å². The van der Waals surface area contributed by atoms with E-state index in [2.05, 4.69) is 21.2 Å². The number of nitrogens with two attached hydrogens (primary N) is 1. The van der Waals surface area contributed by atoms with Crippen molar-refractivity contribution in [1.82, 2.24) is 9.97 Å². The molecular formula is C8H7ClN4O2. The summed E-state index contributed by atoms with van der Waals surface area (Å²) in [5.74, 6) is 0.967. The Morgan fingerprint density at radius 1 is 1.67 bits per heavy atom. The minimum atomic E-state index is -1.29. The van der Waals surface area contributed by atoms with Gasteiger partial charge in [-0.25, -0.2) is 14.8 Å². The third-order valence-corrected chi connectivity index (χ3v) is 1.70. The van der Waals surface area contributed by atoms with E-state index in [1.165, 1.54) is 0 Å². The maximum Gasteiger partial charge on any atom is 0.358 e. The third-order valence-electron chi connectivity index (χ3n) is 1.44. The summed E-state index contributed by atoms with van der Waals surface area (Å²) in [6.07, 6.45) is 5.01. The maximum absolute atomic E-state index is 10.6. The monoisotopic (exact) mass is 226 g/mol. The largest absolute Gasteiger partial charge is 0.476 e. The van der Waals surface area contributed by atoms with Crippen molar-refractivity contribution < 1.29 is 9.90 Å². The van der Waals surface area contributed by atoms with Gasteiger partial charge in [-0.05, 0) is 0 Å². The molecule has 0 aliphatic rings. The molecule has 78 valence electrons. The minimum Gasteiger partial charge on any atom is -0.476 e. The average molecular weight is 227 g/mol. The fraction of sp³-hybridized carbons (Fsp3) is 0.125. The van der Waals surface area contributed by atoms with Gasteiger partial charge in [0.1, 0.15) is 0 Å². The Morgan fingerprint density at radius 3 is 2.87 bits per heavy atom. The number of aromatic nitrogens is 2. The molecule has 0 saturated carbocycles. The number of carboxylic acid groups (broad SMARTS) is 1. The molecule has 0 aromatic carbocycles. The van der Waals surface area contributed by atoms with Gasteiger partial charge in [-0.1, -0.05) is 17.5 Å². The van der Waals surface area contributed by atoms with Gasteiger partial charge < -0.3 is 16.2 Å². The van der Waals surface area contributed by atoms with Crippen molar-refractivity contribution in [2.24, 2.45) is 0 Å². The highest BCUT2D eigenvalue weighted by molar-refractivity contribution is 6.31. The van der Waals surface area contributed by atoms with Crippen LogP contribution >= 0.6 is 11.6 Å². The van der Waals surface area contributed by atoms with Crippen LogP contribution in [0.5, 0.6) is 0 Å². The molecule has 0 radical (unpaired) electrons. The smallest absolute Gasteiger partial charge is 0.358 e. The second kappa shape index (κ2) is 4.48. The van der Waals surface area contributed by atoms with Crippen LogP contribution in [0.15, 0.2) is 0 Å². The molecule has 0 aliphatic heterocycles. The Morgan fingerprint density at radius 2 is 2.33 bits per heavy atom. The predicted molar refractivity (Wildman–Crippen MR) is 55.7 cm³/mol. The normalized spacial score (nSPS) is 9.33. The van der Waals surface area contributed by atoms with E-state index in [4.69, 9.17) is 28.9 Å². The highest BCUT2D eigenvalue weighted by Gasteiger charge is 2.15. The summed E-state index contributed by atoms with van der Waals surface area (Å²) in [4.78, 5) is 17.9. The molecule has 0 aliphatic carbocycles. The molecule has 0 fully saturated rings. The van der Waals surface area contributed by atoms with Gasteiger partial charge in [0.05, 0.1) is 6.54 Å². The molecule has 1 aromatic rings. The zero-order valence-corrected chi connectivity index (χ0v) is 8.25. The average Bonchev–Trinajstić information content (AvgIpc) is 2.18. The lowest BCUT2D eigenvalue weighted by molar-refractivity contribution is 0.0691. The van der Waals surface area contributed by atoms with Gasteiger partial charge in [0.15, 0.2) is 22.5 Å². The van der Waals surface area contributed by atoms with E-state index in [0.717, 1.165) is 0 Å². The molecule has 15 heavy (non-hydrogen) atoms. The minimum absolute atomic E-state index is 0.0862. The van der Waals surface area contributed by atoms with Gasteiger partial charge in [0.25, 0.3) is 0 Å². The van der Waals surface area contributed by atoms with Crippen LogP contribution in [0.4, 0.5) is 11.6 Å². The number of rotatable bonds is 3. The molecular weight excluding hydrogens is 220 g/mol. The second-order valence-corrected chi connectivity index (χ2v) is 2.82. The molecule has 0 atom stereocenters. The first-order chi connectivity index (χ1) is 7.06. The summed E-state index contributed by atoms with van der Waals surface area (Å²) in [6.45, 7) is 0.195. The molecule has 7 heteroatoms. The van der Waals surface area contributed by atoms with Crippen molar-refractivity contribution in [3.63, 3.8) is 0 Å². The van der Waals surface area contributed by atoms with Gasteiger partial charge in [0.2, 0.25) is 0 Å². The molecule has 0 amide bonds. The molecule has 0 bridgehead atoms. The van der Waals surface area contributed by atoms with Crippen LogP contribution in [-0.4, -0.2) is 27.6 Å². The molecule has 1 heterocycles. The van der Waals surface area contributed by atoms with Crippen molar-refractivity contribution in [2.45, 2.75) is 0 Å². The SMILES string of the molecule is C#CCNc1nc(N)c(C(=O)O)nc1Cl. The van der Waals surface area contributed by atoms with Gasteiger partial charge in [0, 0.05) is 0 Å². The van der Waals surface area contributed by atoms with E-state index in [1.54, 1.807) is 0 Å². The molecule has 0 spiro atoms. The topological polar surface area (TPSA) is 101 Å². The fourth-order valence-corrected chi connectivity index (χ4v) is 1.03. The lowest BCUT2D eigenvalue weighted by Crippen LogP contribution is -2.11. The summed E-state index contributed by atoms with van der Waals surface area (Å²) in [5.41, 5.74) is 4.98. The number of nitrogens with zero attached hydrogens (tertiary/aromatic N) is 2. The number of hydrogen-bond donors (Lipinski definition) is 3. The number of nitrogens with one attached hydrogen (secondary N) is 1. The molecule has 6 nitrogen and oxygen atoms in total. The van der Waals surface area contributed by atoms with Gasteiger partial charge in [-0.15, -0.1) is 6.42 Å². The second-order valence-electron chi connectivity index (χ2n) is 2.46. The summed E-state index contributed by atoms with van der Waals surface area (Å²) < 4.78 is 0. The number of terminal acetylenes is 1. The van der Waals surface area contributed by atoms with Crippen molar-refractivity contribution in [1.29, 1.82) is 0 Å². The number of halogens is 1. The van der Waals surface area contributed by atoms with Crippen LogP contribution in [0.2, 0.25) is 5.15 Å². The molecule has 0 unspecified atom stereocenters. The number of aromatic carboxylic acids is 1.